The van der Waals surface area contributed by atoms with E-state index in [2.05, 4.69) is 14.7 Å². The molecule has 14 heteroatoms. The molecule has 4 rings (SSSR count). The molecule has 192 valence electrons. The van der Waals surface area contributed by atoms with Crippen LogP contribution in [-0.2, 0) is 12.7 Å². The largest absolute Gasteiger partial charge is 0.481 e. The van der Waals surface area contributed by atoms with Gasteiger partial charge in [0.25, 0.3) is 0 Å². The number of halogens is 7. The molecular formula is C22H17F7N4O2S. The topological polar surface area (TPSA) is 60.3 Å². The smallest absolute Gasteiger partial charge is 0.425 e. The molecule has 0 radical (unpaired) electrons. The van der Waals surface area contributed by atoms with Crippen molar-refractivity contribution in [1.29, 1.82) is 0 Å². The number of hydrogen-bond donors (Lipinski definition) is 0. The maximum atomic E-state index is 13.8. The molecule has 0 spiro atoms. The number of hydrogen-bond acceptors (Lipinski definition) is 6. The zero-order chi connectivity index (χ0) is 26.1. The number of aromatic nitrogens is 3. The van der Waals surface area contributed by atoms with Crippen LogP contribution in [-0.4, -0.2) is 40.4 Å². The van der Waals surface area contributed by atoms with Gasteiger partial charge < -0.3 is 9.64 Å². The van der Waals surface area contributed by atoms with Crippen molar-refractivity contribution in [2.75, 3.05) is 24.6 Å². The lowest BCUT2D eigenvalue weighted by Gasteiger charge is -2.26. The lowest BCUT2D eigenvalue weighted by Crippen LogP contribution is -2.33. The minimum absolute atomic E-state index is 0.104. The van der Waals surface area contributed by atoms with Gasteiger partial charge in [0, 0.05) is 18.0 Å². The molecule has 0 aliphatic carbocycles. The first kappa shape index (κ1) is 25.7. The van der Waals surface area contributed by atoms with E-state index in [-0.39, 0.29) is 19.0 Å². The third kappa shape index (κ3) is 6.22. The second-order valence-electron chi connectivity index (χ2n) is 7.80. The van der Waals surface area contributed by atoms with Crippen LogP contribution < -0.4 is 15.3 Å². The summed E-state index contributed by atoms with van der Waals surface area (Å²) < 4.78 is 95.0. The van der Waals surface area contributed by atoms with Crippen LogP contribution in [0.3, 0.4) is 0 Å². The normalized spacial score (nSPS) is 14.6. The highest BCUT2D eigenvalue weighted by molar-refractivity contribution is 7.12. The quantitative estimate of drug-likeness (QED) is 0.410. The van der Waals surface area contributed by atoms with Gasteiger partial charge in [-0.1, -0.05) is 12.1 Å². The van der Waals surface area contributed by atoms with Crippen molar-refractivity contribution in [3.63, 3.8) is 0 Å². The molecule has 6 nitrogen and oxygen atoms in total. The molecule has 0 saturated heterocycles. The van der Waals surface area contributed by atoms with Crippen molar-refractivity contribution in [2.24, 2.45) is 0 Å². The molecule has 0 unspecified atom stereocenters. The molecular weight excluding hydrogens is 517 g/mol. The van der Waals surface area contributed by atoms with Gasteiger partial charge in [-0.15, -0.1) is 11.3 Å². The van der Waals surface area contributed by atoms with Gasteiger partial charge in [0.15, 0.2) is 18.2 Å². The van der Waals surface area contributed by atoms with E-state index in [1.165, 1.54) is 24.5 Å². The van der Waals surface area contributed by atoms with Crippen LogP contribution in [0.25, 0.3) is 5.57 Å². The van der Waals surface area contributed by atoms with Gasteiger partial charge >= 0.3 is 18.0 Å². The highest BCUT2D eigenvalue weighted by atomic mass is 32.1. The number of anilines is 1. The highest BCUT2D eigenvalue weighted by Crippen LogP contribution is 2.35. The Morgan fingerprint density at radius 3 is 2.47 bits per heavy atom. The first-order valence-corrected chi connectivity index (χ1v) is 11.2. The number of ether oxygens (including phenoxy) is 1. The second-order valence-corrected chi connectivity index (χ2v) is 8.97. The van der Waals surface area contributed by atoms with Crippen LogP contribution in [0.1, 0.15) is 21.7 Å². The third-order valence-electron chi connectivity index (χ3n) is 5.21. The summed E-state index contributed by atoms with van der Waals surface area (Å²) in [6.07, 6.45) is -5.69. The zero-order valence-electron chi connectivity index (χ0n) is 18.2. The van der Waals surface area contributed by atoms with E-state index >= 15 is 0 Å². The van der Waals surface area contributed by atoms with E-state index in [1.54, 1.807) is 11.0 Å². The van der Waals surface area contributed by atoms with E-state index in [9.17, 15) is 35.5 Å². The minimum atomic E-state index is -4.60. The van der Waals surface area contributed by atoms with Gasteiger partial charge in [-0.2, -0.15) is 31.3 Å². The summed E-state index contributed by atoms with van der Waals surface area (Å²) in [4.78, 5) is 21.7. The van der Waals surface area contributed by atoms with Crippen molar-refractivity contribution in [3.8, 4) is 5.75 Å². The molecule has 0 atom stereocenters. The number of thiophene rings is 1. The molecule has 36 heavy (non-hydrogen) atoms. The summed E-state index contributed by atoms with van der Waals surface area (Å²) in [5.74, 6) is -1.29. The number of benzene rings is 1. The Kier molecular flexibility index (Phi) is 7.07. The molecule has 0 fully saturated rings. The number of nitrogens with zero attached hydrogens (tertiary/aromatic N) is 4. The summed E-state index contributed by atoms with van der Waals surface area (Å²) >= 11 is 0.533. The number of rotatable bonds is 6. The SMILES string of the molecule is O=c1nc(N2CC=C(c3ccc(F)c(OCC(F)(F)F)c3)CC2)ncn1Cc1ccc(C(F)(F)F)s1. The predicted octanol–water partition coefficient (Wildman–Crippen LogP) is 5.14. The molecule has 3 aromatic rings. The molecule has 1 aliphatic rings. The van der Waals surface area contributed by atoms with Crippen LogP contribution in [0.15, 0.2) is 47.5 Å². The van der Waals surface area contributed by atoms with Gasteiger partial charge in [-0.3, -0.25) is 4.57 Å². The Balaban J connectivity index is 1.43. The standard InChI is InChI=1S/C22H17F7N4O2S/c23-16-3-1-14(9-17(16)35-11-21(24,25)26)13-5-7-32(8-6-13)19-30-12-33(20(34)31-19)10-15-2-4-18(36-15)22(27,28)29/h1-5,9,12H,6-8,10-11H2. The lowest BCUT2D eigenvalue weighted by molar-refractivity contribution is -0.153. The van der Waals surface area contributed by atoms with Crippen LogP contribution in [0, 0.1) is 5.82 Å². The Bertz CT molecular complexity index is 1330. The third-order valence-corrected chi connectivity index (χ3v) is 6.32. The van der Waals surface area contributed by atoms with Crippen LogP contribution in [0.5, 0.6) is 5.75 Å². The van der Waals surface area contributed by atoms with E-state index in [1.807, 2.05) is 0 Å². The van der Waals surface area contributed by atoms with Crippen LogP contribution >= 0.6 is 11.3 Å². The van der Waals surface area contributed by atoms with Gasteiger partial charge in [0.2, 0.25) is 5.95 Å². The van der Waals surface area contributed by atoms with Gasteiger partial charge in [0.1, 0.15) is 11.2 Å². The molecule has 0 saturated carbocycles. The summed E-state index contributed by atoms with van der Waals surface area (Å²) in [6, 6.07) is 5.91. The zero-order valence-corrected chi connectivity index (χ0v) is 19.1. The number of alkyl halides is 6. The summed E-state index contributed by atoms with van der Waals surface area (Å²) in [5.41, 5.74) is 0.565. The fourth-order valence-electron chi connectivity index (χ4n) is 3.48. The maximum absolute atomic E-state index is 13.8. The molecule has 1 aliphatic heterocycles. The first-order chi connectivity index (χ1) is 16.9. The van der Waals surface area contributed by atoms with E-state index in [4.69, 9.17) is 0 Å². The highest BCUT2D eigenvalue weighted by Gasteiger charge is 2.32. The van der Waals surface area contributed by atoms with Crippen molar-refractivity contribution in [2.45, 2.75) is 25.3 Å². The Morgan fingerprint density at radius 2 is 1.86 bits per heavy atom. The van der Waals surface area contributed by atoms with Gasteiger partial charge in [-0.05, 0) is 41.8 Å². The molecule has 0 N–H and O–H groups in total. The molecule has 2 aromatic heterocycles. The van der Waals surface area contributed by atoms with E-state index in [0.29, 0.717) is 34.7 Å². The van der Waals surface area contributed by atoms with Crippen LogP contribution in [0.2, 0.25) is 0 Å². The minimum Gasteiger partial charge on any atom is -0.481 e. The molecule has 0 amide bonds. The first-order valence-electron chi connectivity index (χ1n) is 10.4. The van der Waals surface area contributed by atoms with E-state index < -0.39 is 41.1 Å². The van der Waals surface area contributed by atoms with Crippen molar-refractivity contribution in [1.82, 2.24) is 14.5 Å². The van der Waals surface area contributed by atoms with Gasteiger partial charge in [0.05, 0.1) is 6.54 Å². The second kappa shape index (κ2) is 9.91. The molecule has 0 bridgehead atoms. The van der Waals surface area contributed by atoms with E-state index in [0.717, 1.165) is 22.3 Å². The predicted molar refractivity (Wildman–Crippen MR) is 117 cm³/mol. The monoisotopic (exact) mass is 534 g/mol. The van der Waals surface area contributed by atoms with Crippen molar-refractivity contribution >= 4 is 22.9 Å². The summed E-state index contributed by atoms with van der Waals surface area (Å²) in [6.45, 7) is -1.08. The summed E-state index contributed by atoms with van der Waals surface area (Å²) in [5, 5.41) is 0. The Labute approximate surface area is 203 Å². The molecule has 3 heterocycles. The lowest BCUT2D eigenvalue weighted by atomic mass is 9.99. The fourth-order valence-corrected chi connectivity index (χ4v) is 4.35. The average Bonchev–Trinajstić information content (AvgIpc) is 3.29. The fraction of sp³-hybridized carbons (Fsp3) is 0.318. The summed E-state index contributed by atoms with van der Waals surface area (Å²) in [7, 11) is 0. The van der Waals surface area contributed by atoms with Crippen molar-refractivity contribution in [3.05, 3.63) is 74.4 Å². The van der Waals surface area contributed by atoms with Crippen molar-refractivity contribution < 1.29 is 35.5 Å². The Morgan fingerprint density at radius 1 is 1.08 bits per heavy atom. The van der Waals surface area contributed by atoms with Gasteiger partial charge in [-0.25, -0.2) is 14.2 Å². The molecule has 1 aromatic carbocycles. The Hall–Kier alpha value is -3.42. The van der Waals surface area contributed by atoms with Crippen LogP contribution in [0.4, 0.5) is 36.7 Å². The maximum Gasteiger partial charge on any atom is 0.425 e. The average molecular weight is 534 g/mol.